The first kappa shape index (κ1) is 14.5. The number of amides is 1. The summed E-state index contributed by atoms with van der Waals surface area (Å²) in [5, 5.41) is 4.74. The molecule has 1 aromatic heterocycles. The molecular weight excluding hydrogens is 292 g/mol. The first-order valence-corrected chi connectivity index (χ1v) is 7.21. The van der Waals surface area contributed by atoms with Gasteiger partial charge in [0.2, 0.25) is 0 Å². The van der Waals surface area contributed by atoms with E-state index < -0.39 is 0 Å². The molecule has 2 aromatic rings. The van der Waals surface area contributed by atoms with Crippen LogP contribution in [0.4, 0.5) is 5.69 Å². The Balaban J connectivity index is 2.06. The predicted molar refractivity (Wildman–Crippen MR) is 85.7 cm³/mol. The lowest BCUT2D eigenvalue weighted by Gasteiger charge is -2.08. The van der Waals surface area contributed by atoms with Crippen LogP contribution < -0.4 is 15.8 Å². The molecule has 104 valence electrons. The van der Waals surface area contributed by atoms with Crippen molar-refractivity contribution < 1.29 is 9.53 Å². The summed E-state index contributed by atoms with van der Waals surface area (Å²) < 4.78 is 5.39. The number of carbonyl (C=O) groups excluding carboxylic acids is 1. The molecule has 0 saturated carbocycles. The molecule has 0 bridgehead atoms. The number of nitrogens with two attached hydrogens (primary N) is 1. The molecule has 0 fully saturated rings. The van der Waals surface area contributed by atoms with E-state index in [1.807, 2.05) is 18.4 Å². The second-order valence-electron chi connectivity index (χ2n) is 4.17. The zero-order valence-corrected chi connectivity index (χ0v) is 12.5. The van der Waals surface area contributed by atoms with Gasteiger partial charge in [-0.1, -0.05) is 18.3 Å². The number of anilines is 1. The van der Waals surface area contributed by atoms with E-state index in [1.165, 1.54) is 11.3 Å². The number of nitrogens with one attached hydrogen (secondary N) is 1. The lowest BCUT2D eigenvalue weighted by atomic mass is 10.2. The van der Waals surface area contributed by atoms with Crippen LogP contribution in [0.3, 0.4) is 0 Å². The van der Waals surface area contributed by atoms with Gasteiger partial charge in [0.1, 0.15) is 17.3 Å². The molecule has 0 spiro atoms. The van der Waals surface area contributed by atoms with Crippen molar-refractivity contribution in [1.82, 2.24) is 0 Å². The molecule has 0 saturated heterocycles. The smallest absolute Gasteiger partial charge is 0.265 e. The van der Waals surface area contributed by atoms with Crippen molar-refractivity contribution in [3.8, 4) is 5.75 Å². The maximum atomic E-state index is 12.1. The number of hydrogen-bond acceptors (Lipinski definition) is 4. The fourth-order valence-electron chi connectivity index (χ4n) is 1.61. The Morgan fingerprint density at radius 3 is 2.90 bits per heavy atom. The molecule has 1 heterocycles. The van der Waals surface area contributed by atoms with Crippen LogP contribution in [-0.2, 0) is 0 Å². The van der Waals surface area contributed by atoms with E-state index in [9.17, 15) is 4.79 Å². The van der Waals surface area contributed by atoms with Crippen LogP contribution >= 0.6 is 23.6 Å². The molecule has 1 amide bonds. The van der Waals surface area contributed by atoms with Gasteiger partial charge in [-0.3, -0.25) is 4.79 Å². The molecule has 20 heavy (non-hydrogen) atoms. The van der Waals surface area contributed by atoms with Gasteiger partial charge in [-0.05, 0) is 36.1 Å². The standard InChI is InChI=1S/C14H14N2O2S2/c1-9-5-6-20-13(9)14(17)16-10-3-2-4-11(7-10)18-8-12(15)19/h2-7H,8H2,1H3,(H2,15,19)(H,16,17). The highest BCUT2D eigenvalue weighted by Gasteiger charge is 2.10. The van der Waals surface area contributed by atoms with Crippen molar-refractivity contribution in [3.05, 3.63) is 46.2 Å². The van der Waals surface area contributed by atoms with E-state index in [2.05, 4.69) is 5.32 Å². The van der Waals surface area contributed by atoms with Crippen molar-refractivity contribution in [2.75, 3.05) is 11.9 Å². The van der Waals surface area contributed by atoms with Crippen LogP contribution in [0.5, 0.6) is 5.75 Å². The van der Waals surface area contributed by atoms with Gasteiger partial charge in [0.25, 0.3) is 5.91 Å². The van der Waals surface area contributed by atoms with Gasteiger partial charge < -0.3 is 15.8 Å². The zero-order chi connectivity index (χ0) is 14.5. The molecule has 0 aliphatic carbocycles. The summed E-state index contributed by atoms with van der Waals surface area (Å²) in [6.45, 7) is 2.09. The van der Waals surface area contributed by atoms with Gasteiger partial charge in [-0.2, -0.15) is 0 Å². The third-order valence-corrected chi connectivity index (χ3v) is 3.67. The lowest BCUT2D eigenvalue weighted by molar-refractivity contribution is 0.103. The number of thiophene rings is 1. The largest absolute Gasteiger partial charge is 0.486 e. The van der Waals surface area contributed by atoms with E-state index in [0.717, 1.165) is 5.56 Å². The minimum atomic E-state index is -0.121. The normalized spacial score (nSPS) is 10.1. The first-order valence-electron chi connectivity index (χ1n) is 5.93. The zero-order valence-electron chi connectivity index (χ0n) is 10.9. The fourth-order valence-corrected chi connectivity index (χ4v) is 2.49. The molecule has 4 nitrogen and oxygen atoms in total. The Morgan fingerprint density at radius 2 is 2.25 bits per heavy atom. The Kier molecular flexibility index (Phi) is 4.70. The Hall–Kier alpha value is -1.92. The van der Waals surface area contributed by atoms with E-state index in [-0.39, 0.29) is 17.5 Å². The summed E-state index contributed by atoms with van der Waals surface area (Å²) in [6, 6.07) is 9.03. The van der Waals surface area contributed by atoms with Crippen molar-refractivity contribution in [2.24, 2.45) is 5.73 Å². The topological polar surface area (TPSA) is 64.3 Å². The highest BCUT2D eigenvalue weighted by atomic mass is 32.1. The van der Waals surface area contributed by atoms with Crippen molar-refractivity contribution >= 4 is 40.1 Å². The molecule has 0 unspecified atom stereocenters. The monoisotopic (exact) mass is 306 g/mol. The second-order valence-corrected chi connectivity index (χ2v) is 5.61. The SMILES string of the molecule is Cc1ccsc1C(=O)Nc1cccc(OCC(N)=S)c1. The molecule has 0 radical (unpaired) electrons. The van der Waals surface area contributed by atoms with E-state index >= 15 is 0 Å². The summed E-state index contributed by atoms with van der Waals surface area (Å²) in [4.78, 5) is 13.1. The van der Waals surface area contributed by atoms with Gasteiger partial charge in [-0.25, -0.2) is 0 Å². The van der Waals surface area contributed by atoms with Gasteiger partial charge >= 0.3 is 0 Å². The van der Waals surface area contributed by atoms with Crippen LogP contribution in [0.25, 0.3) is 0 Å². The molecule has 0 atom stereocenters. The van der Waals surface area contributed by atoms with Crippen LogP contribution in [-0.4, -0.2) is 17.5 Å². The second kappa shape index (κ2) is 6.49. The quantitative estimate of drug-likeness (QED) is 0.834. The minimum absolute atomic E-state index is 0.121. The van der Waals surface area contributed by atoms with Gasteiger partial charge in [0.05, 0.1) is 4.88 Å². The summed E-state index contributed by atoms with van der Waals surface area (Å²) >= 11 is 6.17. The van der Waals surface area contributed by atoms with Gasteiger partial charge in [0.15, 0.2) is 0 Å². The molecule has 0 aliphatic heterocycles. The minimum Gasteiger partial charge on any atom is -0.486 e. The predicted octanol–water partition coefficient (Wildman–Crippen LogP) is 2.97. The summed E-state index contributed by atoms with van der Waals surface area (Å²) in [5.41, 5.74) is 7.01. The highest BCUT2D eigenvalue weighted by molar-refractivity contribution is 7.80. The third-order valence-electron chi connectivity index (χ3n) is 2.54. The van der Waals surface area contributed by atoms with Crippen LogP contribution in [0, 0.1) is 6.92 Å². The lowest BCUT2D eigenvalue weighted by Crippen LogP contribution is -2.18. The van der Waals surface area contributed by atoms with E-state index in [0.29, 0.717) is 16.3 Å². The van der Waals surface area contributed by atoms with Crippen LogP contribution in [0.2, 0.25) is 0 Å². The van der Waals surface area contributed by atoms with Crippen molar-refractivity contribution in [1.29, 1.82) is 0 Å². The fraction of sp³-hybridized carbons (Fsp3) is 0.143. The number of ether oxygens (including phenoxy) is 1. The molecular formula is C14H14N2O2S2. The van der Waals surface area contributed by atoms with Gasteiger partial charge in [-0.15, -0.1) is 11.3 Å². The molecule has 3 N–H and O–H groups in total. The summed E-state index contributed by atoms with van der Waals surface area (Å²) in [5.74, 6) is 0.488. The number of carbonyl (C=O) groups is 1. The number of benzene rings is 1. The summed E-state index contributed by atoms with van der Waals surface area (Å²) in [6.07, 6.45) is 0. The van der Waals surface area contributed by atoms with Crippen LogP contribution in [0.1, 0.15) is 15.2 Å². The average molecular weight is 306 g/mol. The molecule has 0 aliphatic rings. The Morgan fingerprint density at radius 1 is 1.45 bits per heavy atom. The Bertz CT molecular complexity index is 638. The van der Waals surface area contributed by atoms with E-state index in [1.54, 1.807) is 24.3 Å². The summed E-state index contributed by atoms with van der Waals surface area (Å²) in [7, 11) is 0. The maximum Gasteiger partial charge on any atom is 0.265 e. The number of thiocarbonyl (C=S) groups is 1. The molecule has 1 aromatic carbocycles. The number of aryl methyl sites for hydroxylation is 1. The first-order chi connectivity index (χ1) is 9.56. The molecule has 2 rings (SSSR count). The average Bonchev–Trinajstić information content (AvgIpc) is 2.83. The number of hydrogen-bond donors (Lipinski definition) is 2. The third kappa shape index (κ3) is 3.79. The number of rotatable bonds is 5. The van der Waals surface area contributed by atoms with Crippen LogP contribution in [0.15, 0.2) is 35.7 Å². The van der Waals surface area contributed by atoms with Crippen molar-refractivity contribution in [2.45, 2.75) is 6.92 Å². The molecule has 6 heteroatoms. The van der Waals surface area contributed by atoms with E-state index in [4.69, 9.17) is 22.7 Å². The highest BCUT2D eigenvalue weighted by Crippen LogP contribution is 2.21. The maximum absolute atomic E-state index is 12.1. The van der Waals surface area contributed by atoms with Crippen molar-refractivity contribution in [3.63, 3.8) is 0 Å². The van der Waals surface area contributed by atoms with Gasteiger partial charge in [0, 0.05) is 11.8 Å². The Labute approximate surface area is 126 Å².